The fraction of sp³-hybridized carbons (Fsp3) is 0.304. The van der Waals surface area contributed by atoms with E-state index in [1.54, 1.807) is 55.6 Å². The first-order valence-electron chi connectivity index (χ1n) is 9.79. The molecule has 156 valence electrons. The summed E-state index contributed by atoms with van der Waals surface area (Å²) in [6.07, 6.45) is 1.63. The van der Waals surface area contributed by atoms with Crippen LogP contribution in [0.25, 0.3) is 5.76 Å². The number of aliphatic hydroxyl groups is 1. The molecule has 30 heavy (non-hydrogen) atoms. The molecule has 0 saturated carbocycles. The highest BCUT2D eigenvalue weighted by Gasteiger charge is 2.47. The van der Waals surface area contributed by atoms with Crippen LogP contribution in [0, 0.1) is 0 Å². The van der Waals surface area contributed by atoms with Crippen molar-refractivity contribution in [1.29, 1.82) is 0 Å². The molecule has 2 aromatic rings. The normalized spacial score (nSPS) is 23.2. The topological polar surface area (TPSA) is 76.1 Å². The van der Waals surface area contributed by atoms with Gasteiger partial charge >= 0.3 is 0 Å². The van der Waals surface area contributed by atoms with E-state index in [2.05, 4.69) is 0 Å². The smallest absolute Gasteiger partial charge is 0.295 e. The molecule has 2 fully saturated rings. The van der Waals surface area contributed by atoms with Crippen molar-refractivity contribution < 1.29 is 24.2 Å². The Morgan fingerprint density at radius 2 is 1.87 bits per heavy atom. The molecule has 0 unspecified atom stereocenters. The van der Waals surface area contributed by atoms with Gasteiger partial charge in [0.1, 0.15) is 11.5 Å². The number of ketones is 1. The molecule has 7 heteroatoms. The average molecular weight is 428 g/mol. The predicted molar refractivity (Wildman–Crippen MR) is 112 cm³/mol. The quantitative estimate of drug-likeness (QED) is 0.444. The molecule has 0 spiro atoms. The van der Waals surface area contributed by atoms with Gasteiger partial charge in [-0.2, -0.15) is 0 Å². The Hall–Kier alpha value is -2.83. The molecule has 2 aliphatic rings. The van der Waals surface area contributed by atoms with E-state index in [0.29, 0.717) is 35.1 Å². The standard InChI is InChI=1S/C23H22ClNO5/c1-29-17-10-6-14(7-11-17)20-19(21(26)15-4-8-16(24)9-5-15)22(27)23(28)25(20)13-18-3-2-12-30-18/h4-11,18,20,26H,2-3,12-13H2,1H3/b21-19+/t18-,20+/m1/s1. The minimum absolute atomic E-state index is 0.0606. The van der Waals surface area contributed by atoms with Gasteiger partial charge in [0.2, 0.25) is 0 Å². The lowest BCUT2D eigenvalue weighted by molar-refractivity contribution is -0.140. The molecular formula is C23H22ClNO5. The van der Waals surface area contributed by atoms with Crippen molar-refractivity contribution in [3.8, 4) is 5.75 Å². The molecular weight excluding hydrogens is 406 g/mol. The number of aliphatic hydroxyl groups excluding tert-OH is 1. The van der Waals surface area contributed by atoms with Crippen LogP contribution in [0.5, 0.6) is 5.75 Å². The van der Waals surface area contributed by atoms with E-state index in [0.717, 1.165) is 12.8 Å². The first-order valence-corrected chi connectivity index (χ1v) is 10.2. The Labute approximate surface area is 179 Å². The maximum absolute atomic E-state index is 13.0. The lowest BCUT2D eigenvalue weighted by atomic mass is 9.95. The summed E-state index contributed by atoms with van der Waals surface area (Å²) in [5.41, 5.74) is 1.20. The van der Waals surface area contributed by atoms with Gasteiger partial charge in [0.05, 0.1) is 24.8 Å². The predicted octanol–water partition coefficient (Wildman–Crippen LogP) is 3.95. The number of nitrogens with zero attached hydrogens (tertiary/aromatic N) is 1. The molecule has 0 aliphatic carbocycles. The Balaban J connectivity index is 1.80. The lowest BCUT2D eigenvalue weighted by Crippen LogP contribution is -2.36. The Bertz CT molecular complexity index is 978. The summed E-state index contributed by atoms with van der Waals surface area (Å²) in [7, 11) is 1.57. The lowest BCUT2D eigenvalue weighted by Gasteiger charge is -2.27. The van der Waals surface area contributed by atoms with Gasteiger partial charge < -0.3 is 19.5 Å². The molecule has 2 aliphatic heterocycles. The number of carbonyl (C=O) groups excluding carboxylic acids is 2. The van der Waals surface area contributed by atoms with E-state index >= 15 is 0 Å². The van der Waals surface area contributed by atoms with Crippen LogP contribution in [0.1, 0.15) is 30.0 Å². The molecule has 2 saturated heterocycles. The van der Waals surface area contributed by atoms with Gasteiger partial charge in [0.25, 0.3) is 11.7 Å². The molecule has 6 nitrogen and oxygen atoms in total. The van der Waals surface area contributed by atoms with Crippen molar-refractivity contribution in [2.24, 2.45) is 0 Å². The zero-order valence-corrected chi connectivity index (χ0v) is 17.3. The maximum atomic E-state index is 13.0. The van der Waals surface area contributed by atoms with Crippen LogP contribution in [0.4, 0.5) is 0 Å². The largest absolute Gasteiger partial charge is 0.507 e. The van der Waals surface area contributed by atoms with Gasteiger partial charge in [0.15, 0.2) is 0 Å². The van der Waals surface area contributed by atoms with Crippen LogP contribution in [0.15, 0.2) is 54.1 Å². The number of amides is 1. The van der Waals surface area contributed by atoms with E-state index in [1.807, 2.05) is 0 Å². The number of likely N-dealkylation sites (tertiary alicyclic amines) is 1. The second-order valence-corrected chi connectivity index (χ2v) is 7.80. The zero-order valence-electron chi connectivity index (χ0n) is 16.5. The number of ether oxygens (including phenoxy) is 2. The fourth-order valence-electron chi connectivity index (χ4n) is 3.97. The van der Waals surface area contributed by atoms with Crippen LogP contribution in [0.2, 0.25) is 5.02 Å². The summed E-state index contributed by atoms with van der Waals surface area (Å²) in [5, 5.41) is 11.5. The van der Waals surface area contributed by atoms with Crippen molar-refractivity contribution in [3.05, 3.63) is 70.3 Å². The van der Waals surface area contributed by atoms with Crippen molar-refractivity contribution >= 4 is 29.1 Å². The number of carbonyl (C=O) groups is 2. The Morgan fingerprint density at radius 1 is 1.17 bits per heavy atom. The number of hydrogen-bond donors (Lipinski definition) is 1. The van der Waals surface area contributed by atoms with Crippen molar-refractivity contribution in [3.63, 3.8) is 0 Å². The molecule has 0 radical (unpaired) electrons. The fourth-order valence-corrected chi connectivity index (χ4v) is 4.10. The minimum atomic E-state index is -0.712. The average Bonchev–Trinajstić information content (AvgIpc) is 3.36. The van der Waals surface area contributed by atoms with Crippen LogP contribution >= 0.6 is 11.6 Å². The van der Waals surface area contributed by atoms with Crippen LogP contribution in [-0.2, 0) is 14.3 Å². The molecule has 0 aromatic heterocycles. The number of halogens is 1. The highest BCUT2D eigenvalue weighted by molar-refractivity contribution is 6.46. The molecule has 2 aromatic carbocycles. The third kappa shape index (κ3) is 3.80. The molecule has 1 amide bonds. The summed E-state index contributed by atoms with van der Waals surface area (Å²) >= 11 is 5.95. The number of methoxy groups -OCH3 is 1. The van der Waals surface area contributed by atoms with E-state index < -0.39 is 17.7 Å². The first kappa shape index (κ1) is 20.4. The van der Waals surface area contributed by atoms with Crippen LogP contribution < -0.4 is 4.74 Å². The van der Waals surface area contributed by atoms with Crippen LogP contribution in [0.3, 0.4) is 0 Å². The zero-order chi connectivity index (χ0) is 21.3. The summed E-state index contributed by atoms with van der Waals surface area (Å²) in [6, 6.07) is 12.9. The highest BCUT2D eigenvalue weighted by atomic mass is 35.5. The molecule has 4 rings (SSSR count). The van der Waals surface area contributed by atoms with E-state index in [1.165, 1.54) is 4.90 Å². The maximum Gasteiger partial charge on any atom is 0.295 e. The minimum Gasteiger partial charge on any atom is -0.507 e. The first-order chi connectivity index (χ1) is 14.5. The monoisotopic (exact) mass is 427 g/mol. The van der Waals surface area contributed by atoms with Crippen molar-refractivity contribution in [2.75, 3.05) is 20.3 Å². The van der Waals surface area contributed by atoms with Crippen LogP contribution in [-0.4, -0.2) is 48.1 Å². The number of benzene rings is 2. The molecule has 1 N–H and O–H groups in total. The van der Waals surface area contributed by atoms with Crippen molar-refractivity contribution in [1.82, 2.24) is 4.90 Å². The van der Waals surface area contributed by atoms with Gasteiger partial charge in [-0.25, -0.2) is 0 Å². The highest BCUT2D eigenvalue weighted by Crippen LogP contribution is 2.40. The Morgan fingerprint density at radius 3 is 2.47 bits per heavy atom. The Kier molecular flexibility index (Phi) is 5.79. The van der Waals surface area contributed by atoms with Gasteiger partial charge in [0, 0.05) is 23.7 Å². The van der Waals surface area contributed by atoms with Crippen molar-refractivity contribution in [2.45, 2.75) is 25.0 Å². The van der Waals surface area contributed by atoms with E-state index in [9.17, 15) is 14.7 Å². The van der Waals surface area contributed by atoms with Gasteiger partial charge in [-0.3, -0.25) is 9.59 Å². The summed E-state index contributed by atoms with van der Waals surface area (Å²) < 4.78 is 10.9. The van der Waals surface area contributed by atoms with E-state index in [-0.39, 0.29) is 17.4 Å². The third-order valence-corrected chi connectivity index (χ3v) is 5.77. The van der Waals surface area contributed by atoms with Gasteiger partial charge in [-0.05, 0) is 54.8 Å². The second-order valence-electron chi connectivity index (χ2n) is 7.37. The molecule has 0 bridgehead atoms. The number of rotatable bonds is 5. The van der Waals surface area contributed by atoms with E-state index in [4.69, 9.17) is 21.1 Å². The number of Topliss-reactive ketones (excluding diaryl/α,β-unsaturated/α-hetero) is 1. The summed E-state index contributed by atoms with van der Waals surface area (Å²) in [6.45, 7) is 0.936. The van der Waals surface area contributed by atoms with Gasteiger partial charge in [-0.1, -0.05) is 23.7 Å². The second kappa shape index (κ2) is 8.50. The SMILES string of the molecule is COc1ccc([C@H]2/C(=C(\O)c3ccc(Cl)cc3)C(=O)C(=O)N2C[C@H]2CCCO2)cc1. The number of hydrogen-bond acceptors (Lipinski definition) is 5. The molecule has 2 heterocycles. The third-order valence-electron chi connectivity index (χ3n) is 5.51. The summed E-state index contributed by atoms with van der Waals surface area (Å²) in [5.74, 6) is -0.906. The van der Waals surface area contributed by atoms with Gasteiger partial charge in [-0.15, -0.1) is 0 Å². The summed E-state index contributed by atoms with van der Waals surface area (Å²) in [4.78, 5) is 27.4. The molecule has 2 atom stereocenters.